The Bertz CT molecular complexity index is 387. The monoisotopic (exact) mass is 248 g/mol. The van der Waals surface area contributed by atoms with Gasteiger partial charge in [0.15, 0.2) is 0 Å². The van der Waals surface area contributed by atoms with E-state index >= 15 is 0 Å². The number of hydrogen-bond acceptors (Lipinski definition) is 4. The molecular formula is C14H24N4. The molecule has 0 radical (unpaired) electrons. The van der Waals surface area contributed by atoms with Crippen LogP contribution in [0.1, 0.15) is 37.6 Å². The second-order valence-corrected chi connectivity index (χ2v) is 5.22. The maximum Gasteiger partial charge on any atom is 0.136 e. The average molecular weight is 248 g/mol. The second-order valence-electron chi connectivity index (χ2n) is 5.22. The first-order valence-corrected chi connectivity index (χ1v) is 6.95. The van der Waals surface area contributed by atoms with Crippen LogP contribution in [0, 0.1) is 12.8 Å². The summed E-state index contributed by atoms with van der Waals surface area (Å²) in [6, 6.07) is 0. The van der Waals surface area contributed by atoms with Crippen LogP contribution in [-0.4, -0.2) is 30.1 Å². The summed E-state index contributed by atoms with van der Waals surface area (Å²) in [5.41, 5.74) is 1.20. The SMILES string of the molecule is CCNCc1cnc(C)nc1N(C)CC1CCC1. The van der Waals surface area contributed by atoms with Crippen LogP contribution in [-0.2, 0) is 6.54 Å². The lowest BCUT2D eigenvalue weighted by Gasteiger charge is -2.31. The number of aryl methyl sites for hydroxylation is 1. The lowest BCUT2D eigenvalue weighted by atomic mass is 9.85. The number of rotatable bonds is 6. The summed E-state index contributed by atoms with van der Waals surface area (Å²) in [4.78, 5) is 11.2. The molecule has 100 valence electrons. The molecule has 0 aliphatic heterocycles. The first-order chi connectivity index (χ1) is 8.70. The number of anilines is 1. The van der Waals surface area contributed by atoms with Crippen molar-refractivity contribution < 1.29 is 0 Å². The third-order valence-corrected chi connectivity index (χ3v) is 3.65. The summed E-state index contributed by atoms with van der Waals surface area (Å²) < 4.78 is 0. The van der Waals surface area contributed by atoms with Crippen molar-refractivity contribution in [3.8, 4) is 0 Å². The van der Waals surface area contributed by atoms with Crippen LogP contribution < -0.4 is 10.2 Å². The van der Waals surface area contributed by atoms with E-state index in [-0.39, 0.29) is 0 Å². The highest BCUT2D eigenvalue weighted by Gasteiger charge is 2.21. The Morgan fingerprint density at radius 2 is 2.22 bits per heavy atom. The van der Waals surface area contributed by atoms with Crippen molar-refractivity contribution in [3.05, 3.63) is 17.6 Å². The molecule has 0 amide bonds. The Hall–Kier alpha value is -1.16. The predicted octanol–water partition coefficient (Wildman–Crippen LogP) is 2.13. The van der Waals surface area contributed by atoms with Gasteiger partial charge in [0, 0.05) is 31.9 Å². The van der Waals surface area contributed by atoms with Crippen LogP contribution in [0.2, 0.25) is 0 Å². The van der Waals surface area contributed by atoms with Crippen LogP contribution in [0.25, 0.3) is 0 Å². The number of aromatic nitrogens is 2. The molecule has 1 N–H and O–H groups in total. The fraction of sp³-hybridized carbons (Fsp3) is 0.714. The van der Waals surface area contributed by atoms with Crippen molar-refractivity contribution >= 4 is 5.82 Å². The van der Waals surface area contributed by atoms with Crippen LogP contribution in [0.4, 0.5) is 5.82 Å². The molecule has 0 saturated heterocycles. The molecule has 0 aromatic carbocycles. The summed E-state index contributed by atoms with van der Waals surface area (Å²) in [5.74, 6) is 2.80. The minimum Gasteiger partial charge on any atom is -0.359 e. The van der Waals surface area contributed by atoms with Crippen molar-refractivity contribution in [2.75, 3.05) is 25.0 Å². The number of nitrogens with zero attached hydrogens (tertiary/aromatic N) is 3. The zero-order valence-electron chi connectivity index (χ0n) is 11.7. The first-order valence-electron chi connectivity index (χ1n) is 6.95. The van der Waals surface area contributed by atoms with Crippen molar-refractivity contribution in [1.29, 1.82) is 0 Å². The Kier molecular flexibility index (Phi) is 4.53. The van der Waals surface area contributed by atoms with Crippen LogP contribution in [0.3, 0.4) is 0 Å². The van der Waals surface area contributed by atoms with Gasteiger partial charge in [-0.3, -0.25) is 0 Å². The summed E-state index contributed by atoms with van der Waals surface area (Å²) in [5, 5.41) is 3.35. The Morgan fingerprint density at radius 1 is 1.44 bits per heavy atom. The molecule has 1 aromatic heterocycles. The standard InChI is InChI=1S/C14H24N4/c1-4-15-8-13-9-16-11(2)17-14(13)18(3)10-12-6-5-7-12/h9,12,15H,4-8,10H2,1-3H3. The summed E-state index contributed by atoms with van der Waals surface area (Å²) in [6.45, 7) is 7.01. The maximum absolute atomic E-state index is 4.61. The van der Waals surface area contributed by atoms with Gasteiger partial charge in [-0.15, -0.1) is 0 Å². The third-order valence-electron chi connectivity index (χ3n) is 3.65. The van der Waals surface area contributed by atoms with Gasteiger partial charge < -0.3 is 10.2 Å². The number of nitrogens with one attached hydrogen (secondary N) is 1. The Morgan fingerprint density at radius 3 is 2.83 bits per heavy atom. The Labute approximate surface area is 110 Å². The maximum atomic E-state index is 4.61. The molecule has 1 aromatic rings. The average Bonchev–Trinajstić information content (AvgIpc) is 2.32. The van der Waals surface area contributed by atoms with E-state index in [4.69, 9.17) is 0 Å². The molecular weight excluding hydrogens is 224 g/mol. The van der Waals surface area contributed by atoms with Crippen LogP contribution in [0.5, 0.6) is 0 Å². The van der Waals surface area contributed by atoms with Crippen molar-refractivity contribution in [3.63, 3.8) is 0 Å². The molecule has 18 heavy (non-hydrogen) atoms. The third kappa shape index (κ3) is 3.19. The summed E-state index contributed by atoms with van der Waals surface area (Å²) >= 11 is 0. The van der Waals surface area contributed by atoms with Crippen molar-refractivity contribution in [2.24, 2.45) is 5.92 Å². The van der Waals surface area contributed by atoms with E-state index in [0.29, 0.717) is 0 Å². The lowest BCUT2D eigenvalue weighted by molar-refractivity contribution is 0.320. The van der Waals surface area contributed by atoms with E-state index < -0.39 is 0 Å². The molecule has 1 saturated carbocycles. The molecule has 1 fully saturated rings. The van der Waals surface area contributed by atoms with E-state index in [2.05, 4.69) is 34.2 Å². The highest BCUT2D eigenvalue weighted by Crippen LogP contribution is 2.28. The van der Waals surface area contributed by atoms with Crippen LogP contribution in [0.15, 0.2) is 6.20 Å². The molecule has 4 nitrogen and oxygen atoms in total. The van der Waals surface area contributed by atoms with E-state index in [9.17, 15) is 0 Å². The molecule has 1 aliphatic carbocycles. The summed E-state index contributed by atoms with van der Waals surface area (Å²) in [6.07, 6.45) is 6.09. The fourth-order valence-corrected chi connectivity index (χ4v) is 2.35. The topological polar surface area (TPSA) is 41.1 Å². The van der Waals surface area contributed by atoms with Gasteiger partial charge in [-0.05, 0) is 32.2 Å². The molecule has 0 atom stereocenters. The minimum atomic E-state index is 0.848. The molecule has 2 rings (SSSR count). The van der Waals surface area contributed by atoms with Gasteiger partial charge >= 0.3 is 0 Å². The zero-order chi connectivity index (χ0) is 13.0. The van der Waals surface area contributed by atoms with Gasteiger partial charge in [-0.1, -0.05) is 13.3 Å². The summed E-state index contributed by atoms with van der Waals surface area (Å²) in [7, 11) is 2.15. The smallest absolute Gasteiger partial charge is 0.136 e. The first kappa shape index (κ1) is 13.3. The molecule has 0 bridgehead atoms. The predicted molar refractivity (Wildman–Crippen MR) is 74.8 cm³/mol. The van der Waals surface area contributed by atoms with Crippen molar-refractivity contribution in [2.45, 2.75) is 39.7 Å². The van der Waals surface area contributed by atoms with E-state index in [1.54, 1.807) is 0 Å². The highest BCUT2D eigenvalue weighted by atomic mass is 15.2. The van der Waals surface area contributed by atoms with Gasteiger partial charge in [0.1, 0.15) is 11.6 Å². The fourth-order valence-electron chi connectivity index (χ4n) is 2.35. The Balaban J connectivity index is 2.09. The number of hydrogen-bond donors (Lipinski definition) is 1. The van der Waals surface area contributed by atoms with Gasteiger partial charge in [-0.2, -0.15) is 0 Å². The molecule has 1 heterocycles. The van der Waals surface area contributed by atoms with Crippen molar-refractivity contribution in [1.82, 2.24) is 15.3 Å². The molecule has 4 heteroatoms. The molecule has 1 aliphatic rings. The quantitative estimate of drug-likeness (QED) is 0.837. The van der Waals surface area contributed by atoms with E-state index in [1.165, 1.54) is 24.8 Å². The molecule has 0 spiro atoms. The van der Waals surface area contributed by atoms with Gasteiger partial charge in [0.25, 0.3) is 0 Å². The largest absolute Gasteiger partial charge is 0.359 e. The minimum absolute atomic E-state index is 0.848. The van der Waals surface area contributed by atoms with Gasteiger partial charge in [0.05, 0.1) is 0 Å². The van der Waals surface area contributed by atoms with Crippen LogP contribution >= 0.6 is 0 Å². The van der Waals surface area contributed by atoms with E-state index in [1.807, 2.05) is 13.1 Å². The van der Waals surface area contributed by atoms with Gasteiger partial charge in [-0.25, -0.2) is 9.97 Å². The van der Waals surface area contributed by atoms with Gasteiger partial charge in [0.2, 0.25) is 0 Å². The highest BCUT2D eigenvalue weighted by molar-refractivity contribution is 5.45. The second kappa shape index (κ2) is 6.14. The lowest BCUT2D eigenvalue weighted by Crippen LogP contribution is -2.31. The van der Waals surface area contributed by atoms with E-state index in [0.717, 1.165) is 37.2 Å². The zero-order valence-corrected chi connectivity index (χ0v) is 11.7. The molecule has 0 unspecified atom stereocenters. The normalized spacial score (nSPS) is 15.5.